The third-order valence-electron chi connectivity index (χ3n) is 2.98. The Morgan fingerprint density at radius 1 is 0.727 bits per heavy atom. The Balaban J connectivity index is 2.77. The predicted molar refractivity (Wildman–Crippen MR) is 66.6 cm³/mol. The molecule has 0 aromatic heterocycles. The number of halogens is 6. The third-order valence-corrected chi connectivity index (χ3v) is 2.98. The van der Waals surface area contributed by atoms with Gasteiger partial charge in [0, 0.05) is 0 Å². The molecule has 0 unspecified atom stereocenters. The summed E-state index contributed by atoms with van der Waals surface area (Å²) >= 11 is 0. The Morgan fingerprint density at radius 2 is 1.27 bits per heavy atom. The average molecular weight is 315 g/mol. The van der Waals surface area contributed by atoms with E-state index in [1.807, 2.05) is 0 Å². The number of benzene rings is 2. The van der Waals surface area contributed by atoms with Crippen LogP contribution in [0, 0.1) is 11.3 Å². The smallest absolute Gasteiger partial charge is 0.192 e. The van der Waals surface area contributed by atoms with Crippen molar-refractivity contribution in [3.63, 3.8) is 0 Å². The minimum Gasteiger partial charge on any atom is -0.192 e. The number of hydrogen-bond donors (Lipinski definition) is 0. The van der Waals surface area contributed by atoms with Crippen LogP contribution in [0.3, 0.4) is 0 Å². The monoisotopic (exact) mass is 315 g/mol. The SMILES string of the molecule is N#Cc1ccc(-c2ccccc2C(F)(F)F)c(C(F)(F)F)c1. The van der Waals surface area contributed by atoms with E-state index in [0.717, 1.165) is 24.3 Å². The normalized spacial score (nSPS) is 12.0. The molecular formula is C15H7F6N. The second-order valence-corrected chi connectivity index (χ2v) is 4.41. The van der Waals surface area contributed by atoms with Crippen LogP contribution in [0.1, 0.15) is 16.7 Å². The van der Waals surface area contributed by atoms with Gasteiger partial charge in [-0.05, 0) is 29.3 Å². The molecule has 7 heteroatoms. The molecule has 0 radical (unpaired) electrons. The number of nitrogens with zero attached hydrogens (tertiary/aromatic N) is 1. The largest absolute Gasteiger partial charge is 0.417 e. The Morgan fingerprint density at radius 3 is 1.82 bits per heavy atom. The van der Waals surface area contributed by atoms with Gasteiger partial charge in [-0.1, -0.05) is 24.3 Å². The lowest BCUT2D eigenvalue weighted by atomic mass is 9.93. The fraction of sp³-hybridized carbons (Fsp3) is 0.133. The molecule has 0 saturated carbocycles. The van der Waals surface area contributed by atoms with Crippen molar-refractivity contribution >= 4 is 0 Å². The molecule has 0 saturated heterocycles. The standard InChI is InChI=1S/C15H7F6N/c16-14(17,18)12-4-2-1-3-10(12)11-6-5-9(8-22)7-13(11)15(19,20)21/h1-7H. The predicted octanol–water partition coefficient (Wildman–Crippen LogP) is 5.26. The molecule has 22 heavy (non-hydrogen) atoms. The molecule has 0 atom stereocenters. The summed E-state index contributed by atoms with van der Waals surface area (Å²) in [5, 5.41) is 8.68. The zero-order valence-electron chi connectivity index (χ0n) is 10.8. The first-order chi connectivity index (χ1) is 10.1. The van der Waals surface area contributed by atoms with E-state index in [0.29, 0.717) is 12.1 Å². The lowest BCUT2D eigenvalue weighted by molar-refractivity contribution is -0.139. The molecule has 0 heterocycles. The molecule has 0 aliphatic rings. The summed E-state index contributed by atoms with van der Waals surface area (Å²) in [7, 11) is 0. The number of alkyl halides is 6. The number of nitriles is 1. The fourth-order valence-corrected chi connectivity index (χ4v) is 2.05. The van der Waals surface area contributed by atoms with Gasteiger partial charge in [-0.3, -0.25) is 0 Å². The minimum atomic E-state index is -4.87. The summed E-state index contributed by atoms with van der Waals surface area (Å²) in [6, 6.07) is 8.03. The molecule has 2 aromatic rings. The van der Waals surface area contributed by atoms with Crippen LogP contribution in [0.15, 0.2) is 42.5 Å². The topological polar surface area (TPSA) is 23.8 Å². The average Bonchev–Trinajstić information content (AvgIpc) is 2.45. The van der Waals surface area contributed by atoms with E-state index in [1.54, 1.807) is 6.07 Å². The van der Waals surface area contributed by atoms with E-state index in [2.05, 4.69) is 0 Å². The molecule has 2 aromatic carbocycles. The second kappa shape index (κ2) is 5.37. The molecule has 114 valence electrons. The lowest BCUT2D eigenvalue weighted by Crippen LogP contribution is -2.11. The molecule has 1 nitrogen and oxygen atoms in total. The van der Waals surface area contributed by atoms with Gasteiger partial charge >= 0.3 is 12.4 Å². The van der Waals surface area contributed by atoms with Crippen molar-refractivity contribution in [3.8, 4) is 17.2 Å². The first kappa shape index (κ1) is 15.9. The van der Waals surface area contributed by atoms with Crippen LogP contribution < -0.4 is 0 Å². The molecule has 0 aliphatic carbocycles. The van der Waals surface area contributed by atoms with Gasteiger partial charge in [0.15, 0.2) is 0 Å². The van der Waals surface area contributed by atoms with Gasteiger partial charge in [0.05, 0.1) is 22.8 Å². The van der Waals surface area contributed by atoms with E-state index in [-0.39, 0.29) is 5.56 Å². The van der Waals surface area contributed by atoms with E-state index in [9.17, 15) is 26.3 Å². The molecule has 0 spiro atoms. The summed E-state index contributed by atoms with van der Waals surface area (Å²) in [5.74, 6) is 0. The zero-order valence-corrected chi connectivity index (χ0v) is 10.8. The van der Waals surface area contributed by atoms with E-state index in [4.69, 9.17) is 5.26 Å². The maximum absolute atomic E-state index is 13.1. The van der Waals surface area contributed by atoms with Gasteiger partial charge in [-0.25, -0.2) is 0 Å². The van der Waals surface area contributed by atoms with Gasteiger partial charge in [0.1, 0.15) is 0 Å². The zero-order chi connectivity index (χ0) is 16.5. The first-order valence-corrected chi connectivity index (χ1v) is 5.92. The Bertz CT molecular complexity index is 737. The maximum atomic E-state index is 13.1. The molecule has 0 N–H and O–H groups in total. The molecule has 0 aliphatic heterocycles. The Labute approximate surface area is 121 Å². The quantitative estimate of drug-likeness (QED) is 0.658. The molecule has 2 rings (SSSR count). The summed E-state index contributed by atoms with van der Waals surface area (Å²) in [4.78, 5) is 0. The second-order valence-electron chi connectivity index (χ2n) is 4.41. The van der Waals surface area contributed by atoms with Crippen molar-refractivity contribution in [2.75, 3.05) is 0 Å². The summed E-state index contributed by atoms with van der Waals surface area (Å²) in [6.45, 7) is 0. The highest BCUT2D eigenvalue weighted by Crippen LogP contribution is 2.42. The van der Waals surface area contributed by atoms with E-state index < -0.39 is 34.6 Å². The van der Waals surface area contributed by atoms with Crippen LogP contribution in [0.25, 0.3) is 11.1 Å². The van der Waals surface area contributed by atoms with E-state index >= 15 is 0 Å². The van der Waals surface area contributed by atoms with Crippen molar-refractivity contribution in [1.29, 1.82) is 5.26 Å². The van der Waals surface area contributed by atoms with Gasteiger partial charge in [0.2, 0.25) is 0 Å². The summed E-state index contributed by atoms with van der Waals surface area (Å²) < 4.78 is 78.2. The Kier molecular flexibility index (Phi) is 3.88. The molecular weight excluding hydrogens is 308 g/mol. The summed E-state index contributed by atoms with van der Waals surface area (Å²) in [6.07, 6.45) is -9.66. The van der Waals surface area contributed by atoms with Crippen LogP contribution in [0.5, 0.6) is 0 Å². The molecule has 0 bridgehead atoms. The summed E-state index contributed by atoms with van der Waals surface area (Å²) in [5.41, 5.74) is -3.90. The fourth-order valence-electron chi connectivity index (χ4n) is 2.05. The third kappa shape index (κ3) is 3.06. The highest BCUT2D eigenvalue weighted by Gasteiger charge is 2.38. The van der Waals surface area contributed by atoms with Crippen molar-refractivity contribution < 1.29 is 26.3 Å². The highest BCUT2D eigenvalue weighted by molar-refractivity contribution is 5.72. The van der Waals surface area contributed by atoms with Crippen LogP contribution in [0.2, 0.25) is 0 Å². The maximum Gasteiger partial charge on any atom is 0.417 e. The van der Waals surface area contributed by atoms with E-state index in [1.165, 1.54) is 6.07 Å². The van der Waals surface area contributed by atoms with Crippen LogP contribution in [-0.4, -0.2) is 0 Å². The minimum absolute atomic E-state index is 0.277. The van der Waals surface area contributed by atoms with Gasteiger partial charge in [-0.15, -0.1) is 0 Å². The van der Waals surface area contributed by atoms with Crippen molar-refractivity contribution in [2.24, 2.45) is 0 Å². The van der Waals surface area contributed by atoms with Crippen molar-refractivity contribution in [3.05, 3.63) is 59.2 Å². The van der Waals surface area contributed by atoms with Crippen LogP contribution in [-0.2, 0) is 12.4 Å². The lowest BCUT2D eigenvalue weighted by Gasteiger charge is -2.17. The van der Waals surface area contributed by atoms with Gasteiger partial charge in [-0.2, -0.15) is 31.6 Å². The Hall–Kier alpha value is -2.49. The molecule has 0 fully saturated rings. The highest BCUT2D eigenvalue weighted by atomic mass is 19.4. The van der Waals surface area contributed by atoms with Crippen molar-refractivity contribution in [2.45, 2.75) is 12.4 Å². The number of hydrogen-bond acceptors (Lipinski definition) is 1. The first-order valence-electron chi connectivity index (χ1n) is 5.92. The van der Waals surface area contributed by atoms with Crippen molar-refractivity contribution in [1.82, 2.24) is 0 Å². The van der Waals surface area contributed by atoms with Gasteiger partial charge in [0.25, 0.3) is 0 Å². The number of rotatable bonds is 1. The van der Waals surface area contributed by atoms with Gasteiger partial charge < -0.3 is 0 Å². The van der Waals surface area contributed by atoms with Crippen LogP contribution in [0.4, 0.5) is 26.3 Å². The molecule has 0 amide bonds. The van der Waals surface area contributed by atoms with Crippen LogP contribution >= 0.6 is 0 Å².